The van der Waals surface area contributed by atoms with Crippen LogP contribution in [0, 0.1) is 17.6 Å². The van der Waals surface area contributed by atoms with Gasteiger partial charge in [-0.3, -0.25) is 9.69 Å². The number of aliphatic hydroxyl groups is 2. The van der Waals surface area contributed by atoms with E-state index in [2.05, 4.69) is 42.0 Å². The van der Waals surface area contributed by atoms with Crippen LogP contribution in [0.1, 0.15) is 42.3 Å². The molecule has 8 rings (SSSR count). The Morgan fingerprint density at radius 3 is 2.48 bits per heavy atom. The van der Waals surface area contributed by atoms with E-state index < -0.39 is 41.4 Å². The van der Waals surface area contributed by atoms with Gasteiger partial charge in [-0.1, -0.05) is 6.58 Å². The number of nitrogens with zero attached hydrogens (tertiary/aromatic N) is 5. The van der Waals surface area contributed by atoms with E-state index in [0.29, 0.717) is 81.8 Å². The van der Waals surface area contributed by atoms with Crippen LogP contribution in [0.4, 0.5) is 38.4 Å². The standard InChI is InChI=1S/C28H30F2N8O5.C3H3F3O/c29-20-15-5-13(6-16(15)21(30)23-22(20)35-24(36-23)17-7-14(39)8-31-17)10-37-3-1-28(2-4-37)12-38(27(41)43-28)18-9-32-26-25(33-18)34-19(40)11-42-26;1-2(7)3(4,5)6/h9,13-14,17,31,39H,1-8,10-12H2,(H,35,36)(H,33,34,40);7H,1H2. The number of rotatable bonds is 4. The molecule has 1 spiro atoms. The summed E-state index contributed by atoms with van der Waals surface area (Å²) in [6.45, 7) is 4.87. The number of ether oxygens (including phenoxy) is 2. The van der Waals surface area contributed by atoms with E-state index in [0.717, 1.165) is 0 Å². The van der Waals surface area contributed by atoms with Gasteiger partial charge in [-0.05, 0) is 36.3 Å². The van der Waals surface area contributed by atoms with Gasteiger partial charge in [0.2, 0.25) is 0 Å². The summed E-state index contributed by atoms with van der Waals surface area (Å²) in [5.41, 5.74) is 0.233. The Hall–Kier alpha value is -4.62. The van der Waals surface area contributed by atoms with E-state index in [4.69, 9.17) is 14.6 Å². The molecule has 6 heterocycles. The highest BCUT2D eigenvalue weighted by atomic mass is 19.4. The molecule has 2 aromatic heterocycles. The van der Waals surface area contributed by atoms with Crippen molar-refractivity contribution >= 4 is 34.7 Å². The largest absolute Gasteiger partial charge is 0.505 e. The topological polar surface area (TPSA) is 178 Å². The number of likely N-dealkylation sites (tertiary alicyclic amines) is 1. The van der Waals surface area contributed by atoms with Crippen LogP contribution < -0.4 is 20.3 Å². The third kappa shape index (κ3) is 6.39. The van der Waals surface area contributed by atoms with Crippen LogP contribution in [0.25, 0.3) is 11.0 Å². The number of imidazole rings is 1. The molecule has 268 valence electrons. The molecule has 3 fully saturated rings. The van der Waals surface area contributed by atoms with Crippen LogP contribution in [0.15, 0.2) is 18.5 Å². The maximum Gasteiger partial charge on any atom is 0.448 e. The van der Waals surface area contributed by atoms with Gasteiger partial charge in [0.25, 0.3) is 11.8 Å². The number of aliphatic hydroxyl groups excluding tert-OH is 2. The lowest BCUT2D eigenvalue weighted by Crippen LogP contribution is -2.48. The van der Waals surface area contributed by atoms with E-state index in [1.165, 1.54) is 11.1 Å². The van der Waals surface area contributed by atoms with Crippen molar-refractivity contribution in [2.45, 2.75) is 56.0 Å². The van der Waals surface area contributed by atoms with Crippen molar-refractivity contribution in [2.75, 3.05) is 49.5 Å². The first-order valence-electron chi connectivity index (χ1n) is 16.0. The molecule has 2 amide bonds. The quantitative estimate of drug-likeness (QED) is 0.199. The van der Waals surface area contributed by atoms with Gasteiger partial charge < -0.3 is 40.2 Å². The average molecular weight is 709 g/mol. The van der Waals surface area contributed by atoms with Gasteiger partial charge in [0.05, 0.1) is 24.9 Å². The van der Waals surface area contributed by atoms with E-state index in [-0.39, 0.29) is 53.0 Å². The second kappa shape index (κ2) is 12.6. The molecule has 50 heavy (non-hydrogen) atoms. The molecule has 14 nitrogen and oxygen atoms in total. The zero-order valence-corrected chi connectivity index (χ0v) is 26.4. The molecule has 4 aliphatic heterocycles. The fraction of sp³-hybridized carbons (Fsp3) is 0.516. The molecular formula is C31H33F5N8O6. The molecule has 3 aromatic rings. The SMILES string of the molecule is C=C(O)C(F)(F)F.O=C1COc2ncc(N3CC4(CCN(CC5Cc6c(c(F)c7[nH]c(C8CC(O)CN8)nc7c6F)C5)CC4)OC3=O)nc2N1. The maximum absolute atomic E-state index is 15.6. The summed E-state index contributed by atoms with van der Waals surface area (Å²) in [7, 11) is 0. The lowest BCUT2D eigenvalue weighted by Gasteiger charge is -2.38. The summed E-state index contributed by atoms with van der Waals surface area (Å²) in [5.74, 6) is -1.88. The number of allylic oxidation sites excluding steroid dienone is 1. The monoisotopic (exact) mass is 708 g/mol. The smallest absolute Gasteiger partial charge is 0.448 e. The maximum atomic E-state index is 15.6. The van der Waals surface area contributed by atoms with Gasteiger partial charge in [-0.15, -0.1) is 0 Å². The van der Waals surface area contributed by atoms with Crippen LogP contribution in [-0.2, 0) is 22.4 Å². The first-order chi connectivity index (χ1) is 23.7. The average Bonchev–Trinajstić information content (AvgIpc) is 3.86. The van der Waals surface area contributed by atoms with E-state index in [1.54, 1.807) is 0 Å². The fourth-order valence-electron chi connectivity index (χ4n) is 7.12. The zero-order valence-electron chi connectivity index (χ0n) is 26.4. The molecule has 3 unspecified atom stereocenters. The van der Waals surface area contributed by atoms with Gasteiger partial charge >= 0.3 is 12.3 Å². The molecule has 3 saturated heterocycles. The fourth-order valence-corrected chi connectivity index (χ4v) is 7.12. The minimum Gasteiger partial charge on any atom is -0.505 e. The molecule has 1 aliphatic carbocycles. The summed E-state index contributed by atoms with van der Waals surface area (Å²) < 4.78 is 74.8. The number of H-pyrrole nitrogens is 1. The number of aromatic amines is 1. The van der Waals surface area contributed by atoms with E-state index in [1.807, 2.05) is 0 Å². The minimum atomic E-state index is -4.64. The van der Waals surface area contributed by atoms with Crippen molar-refractivity contribution in [3.8, 4) is 5.88 Å². The predicted octanol–water partition coefficient (Wildman–Crippen LogP) is 3.18. The zero-order chi connectivity index (χ0) is 35.5. The summed E-state index contributed by atoms with van der Waals surface area (Å²) in [6, 6.07) is -0.263. The number of alkyl halides is 3. The number of amides is 2. The Morgan fingerprint density at radius 2 is 1.82 bits per heavy atom. The first kappa shape index (κ1) is 33.9. The number of hydrogen-bond acceptors (Lipinski definition) is 11. The van der Waals surface area contributed by atoms with Crippen LogP contribution in [0.3, 0.4) is 0 Å². The van der Waals surface area contributed by atoms with Gasteiger partial charge in [0, 0.05) is 39.0 Å². The van der Waals surface area contributed by atoms with Crippen LogP contribution in [0.5, 0.6) is 5.88 Å². The minimum absolute atomic E-state index is 0.0149. The Bertz CT molecular complexity index is 1810. The highest BCUT2D eigenvalue weighted by Gasteiger charge is 2.48. The Morgan fingerprint density at radius 1 is 1.12 bits per heavy atom. The molecule has 0 bridgehead atoms. The lowest BCUT2D eigenvalue weighted by molar-refractivity contribution is -0.120. The van der Waals surface area contributed by atoms with Crippen molar-refractivity contribution in [2.24, 2.45) is 5.92 Å². The number of nitrogens with one attached hydrogen (secondary N) is 3. The number of carbonyl (C=O) groups is 2. The summed E-state index contributed by atoms with van der Waals surface area (Å²) in [4.78, 5) is 44.0. The van der Waals surface area contributed by atoms with Crippen LogP contribution in [-0.4, -0.2) is 104 Å². The van der Waals surface area contributed by atoms with Gasteiger partial charge in [0.1, 0.15) is 22.5 Å². The van der Waals surface area contributed by atoms with Crippen molar-refractivity contribution in [1.82, 2.24) is 30.2 Å². The molecule has 3 atom stereocenters. The van der Waals surface area contributed by atoms with Crippen molar-refractivity contribution in [3.05, 3.63) is 47.1 Å². The van der Waals surface area contributed by atoms with Crippen molar-refractivity contribution in [3.63, 3.8) is 0 Å². The molecule has 5 N–H and O–H groups in total. The Labute approximate surface area is 280 Å². The molecule has 5 aliphatic rings. The van der Waals surface area contributed by atoms with Crippen LogP contribution >= 0.6 is 0 Å². The number of hydrogen-bond donors (Lipinski definition) is 5. The van der Waals surface area contributed by atoms with Gasteiger partial charge in [-0.25, -0.2) is 28.5 Å². The summed E-state index contributed by atoms with van der Waals surface area (Å²) >= 11 is 0. The number of β-amino-alcohol motifs (C(OH)–C–C–N with tert-alkyl or cyclic N) is 1. The number of fused-ring (bicyclic) bond motifs is 3. The highest BCUT2D eigenvalue weighted by Crippen LogP contribution is 2.40. The lowest BCUT2D eigenvalue weighted by atomic mass is 9.90. The number of aromatic nitrogens is 4. The van der Waals surface area contributed by atoms with E-state index in [9.17, 15) is 27.9 Å². The Kier molecular flexibility index (Phi) is 8.54. The molecule has 0 radical (unpaired) electrons. The number of carbonyl (C=O) groups excluding carboxylic acids is 2. The highest BCUT2D eigenvalue weighted by molar-refractivity contribution is 5.95. The van der Waals surface area contributed by atoms with Gasteiger partial charge in [0.15, 0.2) is 35.6 Å². The van der Waals surface area contributed by atoms with Gasteiger partial charge in [-0.2, -0.15) is 13.2 Å². The normalized spacial score (nSPS) is 23.3. The summed E-state index contributed by atoms with van der Waals surface area (Å²) in [6.07, 6.45) is -1.72. The third-order valence-electron chi connectivity index (χ3n) is 9.65. The van der Waals surface area contributed by atoms with E-state index >= 15 is 8.78 Å². The van der Waals surface area contributed by atoms with Crippen molar-refractivity contribution < 1.29 is 51.2 Å². The first-order valence-corrected chi connectivity index (χ1v) is 16.0. The summed E-state index contributed by atoms with van der Waals surface area (Å²) in [5, 5.41) is 23.1. The molecular weight excluding hydrogens is 675 g/mol. The van der Waals surface area contributed by atoms with Crippen LogP contribution in [0.2, 0.25) is 0 Å². The third-order valence-corrected chi connectivity index (χ3v) is 9.65. The van der Waals surface area contributed by atoms with Crippen molar-refractivity contribution in [1.29, 1.82) is 0 Å². The number of benzene rings is 1. The Balaban J connectivity index is 0.000000510. The predicted molar refractivity (Wildman–Crippen MR) is 164 cm³/mol. The number of piperidine rings is 1. The molecule has 0 saturated carbocycles. The molecule has 19 heteroatoms. The second-order valence-electron chi connectivity index (χ2n) is 13.2. The number of halogens is 5. The number of anilines is 2. The molecule has 1 aromatic carbocycles. The second-order valence-corrected chi connectivity index (χ2v) is 13.2.